The number of hydrogen-bond acceptors (Lipinski definition) is 4. The molecule has 1 saturated heterocycles. The van der Waals surface area contributed by atoms with Crippen LogP contribution < -0.4 is 5.32 Å². The van der Waals surface area contributed by atoms with Crippen molar-refractivity contribution in [1.82, 2.24) is 14.9 Å². The topological polar surface area (TPSA) is 58.1 Å². The van der Waals surface area contributed by atoms with Gasteiger partial charge in [-0.3, -0.25) is 4.79 Å². The molecule has 1 aromatic carbocycles. The fourth-order valence-electron chi connectivity index (χ4n) is 3.30. The summed E-state index contributed by atoms with van der Waals surface area (Å²) in [5.41, 5.74) is -0.275. The lowest BCUT2D eigenvalue weighted by Crippen LogP contribution is -2.43. The molecule has 5 nitrogen and oxygen atoms in total. The Morgan fingerprint density at radius 2 is 2.07 bits per heavy atom. The third-order valence-electron chi connectivity index (χ3n) is 4.71. The lowest BCUT2D eigenvalue weighted by atomic mass is 9.99. The standard InChI is InChI=1S/C19H21F3N4O/c1-2-15-8-3-4-9-26(15)18(27)16-11-17(24-12-23-16)25-14-7-5-6-13(10-14)19(20,21)22/h5-7,10-12,15H,2-4,8-9H2,1H3,(H,23,24,25). The van der Waals surface area contributed by atoms with E-state index in [2.05, 4.69) is 22.2 Å². The minimum absolute atomic E-state index is 0.170. The molecule has 1 aliphatic heterocycles. The van der Waals surface area contributed by atoms with Gasteiger partial charge in [-0.1, -0.05) is 13.0 Å². The highest BCUT2D eigenvalue weighted by Crippen LogP contribution is 2.31. The summed E-state index contributed by atoms with van der Waals surface area (Å²) < 4.78 is 38.5. The van der Waals surface area contributed by atoms with Crippen molar-refractivity contribution in [2.24, 2.45) is 0 Å². The molecule has 0 radical (unpaired) electrons. The molecule has 1 aliphatic rings. The van der Waals surface area contributed by atoms with E-state index in [1.54, 1.807) is 0 Å². The van der Waals surface area contributed by atoms with E-state index in [1.807, 2.05) is 4.90 Å². The van der Waals surface area contributed by atoms with Crippen molar-refractivity contribution in [3.8, 4) is 0 Å². The molecule has 144 valence electrons. The normalized spacial score (nSPS) is 17.6. The molecule has 1 fully saturated rings. The zero-order valence-electron chi connectivity index (χ0n) is 15.0. The lowest BCUT2D eigenvalue weighted by molar-refractivity contribution is -0.137. The number of likely N-dealkylation sites (tertiary alicyclic amines) is 1. The largest absolute Gasteiger partial charge is 0.416 e. The summed E-state index contributed by atoms with van der Waals surface area (Å²) in [7, 11) is 0. The minimum Gasteiger partial charge on any atom is -0.340 e. The molecular formula is C19H21F3N4O. The highest BCUT2D eigenvalue weighted by Gasteiger charge is 2.30. The Kier molecular flexibility index (Phi) is 5.62. The Hall–Kier alpha value is -2.64. The number of carbonyl (C=O) groups excluding carboxylic acids is 1. The summed E-state index contributed by atoms with van der Waals surface area (Å²) in [5, 5.41) is 2.82. The van der Waals surface area contributed by atoms with E-state index in [4.69, 9.17) is 0 Å². The second kappa shape index (κ2) is 7.94. The van der Waals surface area contributed by atoms with Crippen LogP contribution in [0.4, 0.5) is 24.7 Å². The van der Waals surface area contributed by atoms with Gasteiger partial charge in [0.2, 0.25) is 0 Å². The number of carbonyl (C=O) groups is 1. The van der Waals surface area contributed by atoms with Crippen molar-refractivity contribution in [3.05, 3.63) is 47.9 Å². The van der Waals surface area contributed by atoms with Crippen molar-refractivity contribution in [1.29, 1.82) is 0 Å². The number of aromatic nitrogens is 2. The van der Waals surface area contributed by atoms with Gasteiger partial charge in [-0.15, -0.1) is 0 Å². The summed E-state index contributed by atoms with van der Waals surface area (Å²) in [6, 6.07) is 6.50. The Labute approximate surface area is 155 Å². The first-order valence-corrected chi connectivity index (χ1v) is 8.96. The fourth-order valence-corrected chi connectivity index (χ4v) is 3.30. The van der Waals surface area contributed by atoms with Crippen LogP contribution in [0.5, 0.6) is 0 Å². The van der Waals surface area contributed by atoms with E-state index in [-0.39, 0.29) is 29.1 Å². The minimum atomic E-state index is -4.42. The van der Waals surface area contributed by atoms with Crippen molar-refractivity contribution in [2.45, 2.75) is 44.8 Å². The highest BCUT2D eigenvalue weighted by atomic mass is 19.4. The maximum atomic E-state index is 12.8. The summed E-state index contributed by atoms with van der Waals surface area (Å²) in [4.78, 5) is 22.7. The number of anilines is 2. The third-order valence-corrected chi connectivity index (χ3v) is 4.71. The van der Waals surface area contributed by atoms with Crippen LogP contribution in [0.25, 0.3) is 0 Å². The summed E-state index contributed by atoms with van der Waals surface area (Å²) in [5.74, 6) is 0.105. The Morgan fingerprint density at radius 1 is 1.26 bits per heavy atom. The Morgan fingerprint density at radius 3 is 2.81 bits per heavy atom. The second-order valence-corrected chi connectivity index (χ2v) is 6.55. The molecule has 1 aromatic heterocycles. The molecule has 1 atom stereocenters. The van der Waals surface area contributed by atoms with Gasteiger partial charge in [-0.05, 0) is 43.9 Å². The lowest BCUT2D eigenvalue weighted by Gasteiger charge is -2.35. The molecule has 3 rings (SSSR count). The van der Waals surface area contributed by atoms with Crippen LogP contribution in [0.3, 0.4) is 0 Å². The van der Waals surface area contributed by atoms with Gasteiger partial charge in [-0.2, -0.15) is 13.2 Å². The maximum absolute atomic E-state index is 12.8. The Bertz CT molecular complexity index is 810. The van der Waals surface area contributed by atoms with E-state index in [0.717, 1.165) is 37.8 Å². The molecule has 0 aliphatic carbocycles. The van der Waals surface area contributed by atoms with Gasteiger partial charge in [0.15, 0.2) is 0 Å². The molecule has 2 heterocycles. The van der Waals surface area contributed by atoms with Crippen LogP contribution in [-0.2, 0) is 6.18 Å². The second-order valence-electron chi connectivity index (χ2n) is 6.55. The molecule has 1 N–H and O–H groups in total. The molecule has 1 unspecified atom stereocenters. The van der Waals surface area contributed by atoms with Gasteiger partial charge in [-0.25, -0.2) is 9.97 Å². The zero-order valence-corrected chi connectivity index (χ0v) is 15.0. The van der Waals surface area contributed by atoms with E-state index in [9.17, 15) is 18.0 Å². The molecule has 0 saturated carbocycles. The first-order valence-electron chi connectivity index (χ1n) is 8.96. The van der Waals surface area contributed by atoms with Crippen molar-refractivity contribution < 1.29 is 18.0 Å². The number of rotatable bonds is 4. The van der Waals surface area contributed by atoms with E-state index < -0.39 is 11.7 Å². The van der Waals surface area contributed by atoms with Crippen LogP contribution in [0.1, 0.15) is 48.7 Å². The van der Waals surface area contributed by atoms with E-state index in [1.165, 1.54) is 24.5 Å². The van der Waals surface area contributed by atoms with Gasteiger partial charge >= 0.3 is 6.18 Å². The van der Waals surface area contributed by atoms with Gasteiger partial charge in [0.25, 0.3) is 5.91 Å². The van der Waals surface area contributed by atoms with Gasteiger partial charge < -0.3 is 10.2 Å². The number of nitrogens with zero attached hydrogens (tertiary/aromatic N) is 3. The summed E-state index contributed by atoms with van der Waals surface area (Å²) in [6.45, 7) is 2.74. The monoisotopic (exact) mass is 378 g/mol. The fraction of sp³-hybridized carbons (Fsp3) is 0.421. The zero-order chi connectivity index (χ0) is 19.4. The SMILES string of the molecule is CCC1CCCCN1C(=O)c1cc(Nc2cccc(C(F)(F)F)c2)ncn1. The molecule has 1 amide bonds. The third kappa shape index (κ3) is 4.56. The number of hydrogen-bond donors (Lipinski definition) is 1. The number of piperidine rings is 1. The van der Waals surface area contributed by atoms with Crippen LogP contribution in [-0.4, -0.2) is 33.4 Å². The number of halogens is 3. The molecule has 2 aromatic rings. The van der Waals surface area contributed by atoms with Crippen molar-refractivity contribution >= 4 is 17.4 Å². The van der Waals surface area contributed by atoms with E-state index in [0.29, 0.717) is 6.54 Å². The number of nitrogens with one attached hydrogen (secondary N) is 1. The number of amides is 1. The molecule has 0 bridgehead atoms. The molecule has 8 heteroatoms. The first kappa shape index (κ1) is 19.1. The molecule has 0 spiro atoms. The van der Waals surface area contributed by atoms with Gasteiger partial charge in [0.05, 0.1) is 5.56 Å². The van der Waals surface area contributed by atoms with Gasteiger partial charge in [0, 0.05) is 24.3 Å². The van der Waals surface area contributed by atoms with Crippen molar-refractivity contribution in [2.75, 3.05) is 11.9 Å². The Balaban J connectivity index is 1.79. The molecule has 27 heavy (non-hydrogen) atoms. The van der Waals surface area contributed by atoms with E-state index >= 15 is 0 Å². The van der Waals surface area contributed by atoms with Crippen LogP contribution in [0.2, 0.25) is 0 Å². The van der Waals surface area contributed by atoms with Crippen LogP contribution >= 0.6 is 0 Å². The number of benzene rings is 1. The predicted molar refractivity (Wildman–Crippen MR) is 95.7 cm³/mol. The predicted octanol–water partition coefficient (Wildman–Crippen LogP) is 4.64. The highest BCUT2D eigenvalue weighted by molar-refractivity contribution is 5.93. The average Bonchev–Trinajstić information content (AvgIpc) is 2.67. The smallest absolute Gasteiger partial charge is 0.340 e. The average molecular weight is 378 g/mol. The number of alkyl halides is 3. The summed E-state index contributed by atoms with van der Waals surface area (Å²) in [6.07, 6.45) is 0.744. The van der Waals surface area contributed by atoms with Crippen LogP contribution in [0, 0.1) is 0 Å². The molecular weight excluding hydrogens is 357 g/mol. The maximum Gasteiger partial charge on any atom is 0.416 e. The van der Waals surface area contributed by atoms with Crippen molar-refractivity contribution in [3.63, 3.8) is 0 Å². The first-order chi connectivity index (χ1) is 12.9. The van der Waals surface area contributed by atoms with Crippen LogP contribution in [0.15, 0.2) is 36.7 Å². The van der Waals surface area contributed by atoms with Gasteiger partial charge in [0.1, 0.15) is 17.8 Å². The summed E-state index contributed by atoms with van der Waals surface area (Å²) >= 11 is 0. The quantitative estimate of drug-likeness (QED) is 0.842.